The van der Waals surface area contributed by atoms with Crippen molar-refractivity contribution in [2.75, 3.05) is 0 Å². The summed E-state index contributed by atoms with van der Waals surface area (Å²) in [5.74, 6) is 0. The molecule has 15 heavy (non-hydrogen) atoms. The average molecular weight is 217 g/mol. The zero-order valence-electron chi connectivity index (χ0n) is 9.08. The summed E-state index contributed by atoms with van der Waals surface area (Å²) >= 11 is 1.80. The Kier molecular flexibility index (Phi) is 2.89. The minimum atomic E-state index is 0.609. The van der Waals surface area contributed by atoms with Crippen molar-refractivity contribution in [2.24, 2.45) is 5.73 Å². The van der Waals surface area contributed by atoms with Crippen molar-refractivity contribution in [3.8, 4) is 10.4 Å². The maximum absolute atomic E-state index is 5.66. The highest BCUT2D eigenvalue weighted by atomic mass is 32.1. The molecule has 0 aliphatic carbocycles. The molecule has 2 aromatic rings. The van der Waals surface area contributed by atoms with E-state index in [2.05, 4.69) is 43.5 Å². The third kappa shape index (κ3) is 1.96. The van der Waals surface area contributed by atoms with E-state index in [0.29, 0.717) is 6.54 Å². The molecule has 2 N–H and O–H groups in total. The number of hydrogen-bond acceptors (Lipinski definition) is 2. The van der Waals surface area contributed by atoms with Gasteiger partial charge in [0.2, 0.25) is 0 Å². The Balaban J connectivity index is 2.56. The van der Waals surface area contributed by atoms with E-state index >= 15 is 0 Å². The lowest BCUT2D eigenvalue weighted by Crippen LogP contribution is -1.96. The van der Waals surface area contributed by atoms with Crippen molar-refractivity contribution in [3.63, 3.8) is 0 Å². The molecule has 0 unspecified atom stereocenters. The molecule has 0 bridgehead atoms. The Bertz CT molecular complexity index is 471. The molecule has 2 heteroatoms. The molecular formula is C13H15NS. The van der Waals surface area contributed by atoms with Crippen LogP contribution in [0.1, 0.15) is 16.7 Å². The van der Waals surface area contributed by atoms with Gasteiger partial charge in [-0.15, -0.1) is 11.3 Å². The highest BCUT2D eigenvalue weighted by Gasteiger charge is 2.06. The van der Waals surface area contributed by atoms with Crippen molar-refractivity contribution in [2.45, 2.75) is 20.4 Å². The summed E-state index contributed by atoms with van der Waals surface area (Å²) in [7, 11) is 0. The van der Waals surface area contributed by atoms with Crippen molar-refractivity contribution >= 4 is 11.3 Å². The summed E-state index contributed by atoms with van der Waals surface area (Å²) in [6.45, 7) is 4.91. The third-order valence-corrected chi connectivity index (χ3v) is 3.69. The van der Waals surface area contributed by atoms with Crippen LogP contribution in [0, 0.1) is 13.8 Å². The van der Waals surface area contributed by atoms with Crippen molar-refractivity contribution < 1.29 is 0 Å². The van der Waals surface area contributed by atoms with Gasteiger partial charge in [0.25, 0.3) is 0 Å². The van der Waals surface area contributed by atoms with E-state index in [1.165, 1.54) is 27.1 Å². The van der Waals surface area contributed by atoms with E-state index in [1.54, 1.807) is 11.3 Å². The quantitative estimate of drug-likeness (QED) is 0.818. The number of rotatable bonds is 2. The standard InChI is InChI=1S/C13H15NS/c1-9-3-4-11(8-14)7-12(9)13-10(2)5-6-15-13/h3-7H,8,14H2,1-2H3. The van der Waals surface area contributed by atoms with Crippen LogP contribution in [0.15, 0.2) is 29.6 Å². The van der Waals surface area contributed by atoms with Crippen molar-refractivity contribution in [3.05, 3.63) is 46.3 Å². The second-order valence-corrected chi connectivity index (χ2v) is 4.70. The van der Waals surface area contributed by atoms with E-state index in [4.69, 9.17) is 5.73 Å². The number of thiophene rings is 1. The molecule has 0 aliphatic heterocycles. The summed E-state index contributed by atoms with van der Waals surface area (Å²) < 4.78 is 0. The second-order valence-electron chi connectivity index (χ2n) is 3.79. The minimum Gasteiger partial charge on any atom is -0.326 e. The lowest BCUT2D eigenvalue weighted by Gasteiger charge is -2.07. The lowest BCUT2D eigenvalue weighted by atomic mass is 10.0. The van der Waals surface area contributed by atoms with Gasteiger partial charge in [0.15, 0.2) is 0 Å². The normalized spacial score (nSPS) is 10.6. The topological polar surface area (TPSA) is 26.0 Å². The monoisotopic (exact) mass is 217 g/mol. The zero-order chi connectivity index (χ0) is 10.8. The van der Waals surface area contributed by atoms with Crippen LogP contribution in [0.5, 0.6) is 0 Å². The van der Waals surface area contributed by atoms with Crippen LogP contribution in [-0.4, -0.2) is 0 Å². The molecule has 0 aliphatic rings. The third-order valence-electron chi connectivity index (χ3n) is 2.64. The molecule has 0 saturated heterocycles. The highest BCUT2D eigenvalue weighted by molar-refractivity contribution is 7.13. The lowest BCUT2D eigenvalue weighted by molar-refractivity contribution is 1.07. The van der Waals surface area contributed by atoms with Crippen LogP contribution in [0.3, 0.4) is 0 Å². The van der Waals surface area contributed by atoms with Crippen LogP contribution in [0.4, 0.5) is 0 Å². The number of aryl methyl sites for hydroxylation is 2. The van der Waals surface area contributed by atoms with E-state index in [0.717, 1.165) is 0 Å². The predicted octanol–water partition coefficient (Wildman–Crippen LogP) is 3.49. The number of nitrogens with two attached hydrogens (primary N) is 1. The zero-order valence-corrected chi connectivity index (χ0v) is 9.90. The summed E-state index contributed by atoms with van der Waals surface area (Å²) in [5, 5.41) is 2.14. The molecule has 0 fully saturated rings. The summed E-state index contributed by atoms with van der Waals surface area (Å²) in [6, 6.07) is 8.61. The molecule has 1 nitrogen and oxygen atoms in total. The van der Waals surface area contributed by atoms with Gasteiger partial charge in [-0.05, 0) is 53.6 Å². The van der Waals surface area contributed by atoms with Crippen LogP contribution >= 0.6 is 11.3 Å². The van der Waals surface area contributed by atoms with Gasteiger partial charge in [0.1, 0.15) is 0 Å². The van der Waals surface area contributed by atoms with E-state index in [-0.39, 0.29) is 0 Å². The molecule has 2 rings (SSSR count). The Morgan fingerprint density at radius 2 is 1.93 bits per heavy atom. The first-order valence-corrected chi connectivity index (χ1v) is 5.94. The fourth-order valence-corrected chi connectivity index (χ4v) is 2.70. The highest BCUT2D eigenvalue weighted by Crippen LogP contribution is 2.32. The van der Waals surface area contributed by atoms with Crippen LogP contribution in [0.2, 0.25) is 0 Å². The minimum absolute atomic E-state index is 0.609. The summed E-state index contributed by atoms with van der Waals surface area (Å²) in [5.41, 5.74) is 10.8. The van der Waals surface area contributed by atoms with Crippen molar-refractivity contribution in [1.29, 1.82) is 0 Å². The average Bonchev–Trinajstić information content (AvgIpc) is 2.65. The van der Waals surface area contributed by atoms with Gasteiger partial charge < -0.3 is 5.73 Å². The Morgan fingerprint density at radius 3 is 2.53 bits per heavy atom. The molecule has 0 saturated carbocycles. The van der Waals surface area contributed by atoms with Crippen LogP contribution in [0.25, 0.3) is 10.4 Å². The largest absolute Gasteiger partial charge is 0.326 e. The Hall–Kier alpha value is -1.12. The van der Waals surface area contributed by atoms with Gasteiger partial charge in [-0.1, -0.05) is 12.1 Å². The fraction of sp³-hybridized carbons (Fsp3) is 0.231. The molecule has 0 radical (unpaired) electrons. The first-order valence-electron chi connectivity index (χ1n) is 5.06. The number of hydrogen-bond donors (Lipinski definition) is 1. The molecule has 78 valence electrons. The van der Waals surface area contributed by atoms with Gasteiger partial charge in [-0.3, -0.25) is 0 Å². The molecule has 1 aromatic carbocycles. The smallest absolute Gasteiger partial charge is 0.0374 e. The van der Waals surface area contributed by atoms with Gasteiger partial charge in [-0.25, -0.2) is 0 Å². The predicted molar refractivity (Wildman–Crippen MR) is 67.1 cm³/mol. The SMILES string of the molecule is Cc1ccc(CN)cc1-c1sccc1C. The maximum Gasteiger partial charge on any atom is 0.0374 e. The van der Waals surface area contributed by atoms with Gasteiger partial charge in [0, 0.05) is 11.4 Å². The first-order chi connectivity index (χ1) is 7.22. The molecule has 0 atom stereocenters. The van der Waals surface area contributed by atoms with Gasteiger partial charge >= 0.3 is 0 Å². The Labute approximate surface area is 94.6 Å². The molecule has 0 amide bonds. The molecule has 0 spiro atoms. The van der Waals surface area contributed by atoms with E-state index < -0.39 is 0 Å². The first kappa shape index (κ1) is 10.4. The Morgan fingerprint density at radius 1 is 1.13 bits per heavy atom. The van der Waals surface area contributed by atoms with Crippen molar-refractivity contribution in [1.82, 2.24) is 0 Å². The fourth-order valence-electron chi connectivity index (χ4n) is 1.69. The second kappa shape index (κ2) is 4.17. The van der Waals surface area contributed by atoms with Gasteiger partial charge in [-0.2, -0.15) is 0 Å². The van der Waals surface area contributed by atoms with Crippen LogP contribution in [-0.2, 0) is 6.54 Å². The van der Waals surface area contributed by atoms with Gasteiger partial charge in [0.05, 0.1) is 0 Å². The summed E-state index contributed by atoms with van der Waals surface area (Å²) in [4.78, 5) is 1.36. The van der Waals surface area contributed by atoms with E-state index in [9.17, 15) is 0 Å². The number of benzene rings is 1. The molecule has 1 heterocycles. The maximum atomic E-state index is 5.66. The van der Waals surface area contributed by atoms with E-state index in [1.807, 2.05) is 0 Å². The molecular weight excluding hydrogens is 202 g/mol. The van der Waals surface area contributed by atoms with Crippen LogP contribution < -0.4 is 5.73 Å². The molecule has 1 aromatic heterocycles. The summed E-state index contributed by atoms with van der Waals surface area (Å²) in [6.07, 6.45) is 0.